The van der Waals surface area contributed by atoms with E-state index < -0.39 is 5.97 Å². The summed E-state index contributed by atoms with van der Waals surface area (Å²) in [5.74, 6) is -1.23. The van der Waals surface area contributed by atoms with Crippen LogP contribution in [0.4, 0.5) is 0 Å². The molecule has 2 N–H and O–H groups in total. The maximum Gasteiger partial charge on any atom is 0.323 e. The van der Waals surface area contributed by atoms with E-state index in [4.69, 9.17) is 5.11 Å². The smallest absolute Gasteiger partial charge is 0.323 e. The number of rotatable bonds is 6. The van der Waals surface area contributed by atoms with Crippen LogP contribution in [0.25, 0.3) is 0 Å². The fourth-order valence-electron chi connectivity index (χ4n) is 2.05. The molecule has 0 aromatic carbocycles. The number of aliphatic carboxylic acids is 1. The molecule has 0 saturated heterocycles. The molecule has 1 amide bonds. The largest absolute Gasteiger partial charge is 0.480 e. The molecule has 2 aromatic heterocycles. The average Bonchev–Trinajstić information content (AvgIpc) is 3.06. The number of carboxylic acid groups (broad SMARTS) is 1. The minimum absolute atomic E-state index is 0.159. The maximum atomic E-state index is 12.2. The van der Waals surface area contributed by atoms with Crippen molar-refractivity contribution in [2.75, 3.05) is 6.54 Å². The molecule has 0 unspecified atom stereocenters. The predicted molar refractivity (Wildman–Crippen MR) is 81.7 cm³/mol. The molecule has 0 spiro atoms. The highest BCUT2D eigenvalue weighted by Gasteiger charge is 2.23. The van der Waals surface area contributed by atoms with Crippen molar-refractivity contribution >= 4 is 23.2 Å². The van der Waals surface area contributed by atoms with E-state index in [0.717, 1.165) is 0 Å². The van der Waals surface area contributed by atoms with Crippen LogP contribution in [0.5, 0.6) is 0 Å². The fraction of sp³-hybridized carbons (Fsp3) is 0.333. The van der Waals surface area contributed by atoms with Crippen molar-refractivity contribution in [2.45, 2.75) is 25.8 Å². The minimum atomic E-state index is -0.973. The van der Waals surface area contributed by atoms with Gasteiger partial charge in [0.1, 0.15) is 12.2 Å². The summed E-state index contributed by atoms with van der Waals surface area (Å²) >= 11 is 1.66. The molecule has 5 nitrogen and oxygen atoms in total. The van der Waals surface area contributed by atoms with E-state index in [1.165, 1.54) is 9.44 Å². The Morgan fingerprint density at radius 2 is 2.10 bits per heavy atom. The molecular formula is C15H18N2O3S. The Morgan fingerprint density at radius 3 is 2.71 bits per heavy atom. The van der Waals surface area contributed by atoms with E-state index in [2.05, 4.69) is 19.2 Å². The molecule has 2 heterocycles. The molecule has 0 radical (unpaired) electrons. The van der Waals surface area contributed by atoms with Crippen molar-refractivity contribution in [1.82, 2.24) is 9.88 Å². The van der Waals surface area contributed by atoms with Crippen molar-refractivity contribution in [3.05, 3.63) is 46.4 Å². The molecule has 2 rings (SSSR count). The Kier molecular flexibility index (Phi) is 4.47. The number of nitrogens with zero attached hydrogens (tertiary/aromatic N) is 1. The summed E-state index contributed by atoms with van der Waals surface area (Å²) in [7, 11) is 0. The summed E-state index contributed by atoms with van der Waals surface area (Å²) < 4.78 is 1.43. The van der Waals surface area contributed by atoms with Gasteiger partial charge in [0.25, 0.3) is 5.91 Å². The monoisotopic (exact) mass is 306 g/mol. The van der Waals surface area contributed by atoms with Crippen LogP contribution >= 0.6 is 11.3 Å². The Bertz CT molecular complexity index is 629. The number of nitrogens with one attached hydrogen (secondary N) is 1. The molecule has 0 aliphatic heterocycles. The number of carbonyl (C=O) groups is 2. The van der Waals surface area contributed by atoms with Gasteiger partial charge in [-0.3, -0.25) is 9.59 Å². The van der Waals surface area contributed by atoms with Crippen LogP contribution in [0, 0.1) is 0 Å². The number of hydrogen-bond acceptors (Lipinski definition) is 3. The first-order chi connectivity index (χ1) is 9.90. The van der Waals surface area contributed by atoms with Gasteiger partial charge in [-0.2, -0.15) is 0 Å². The highest BCUT2D eigenvalue weighted by atomic mass is 32.1. The van der Waals surface area contributed by atoms with Crippen LogP contribution in [-0.4, -0.2) is 28.1 Å². The highest BCUT2D eigenvalue weighted by Crippen LogP contribution is 2.26. The zero-order valence-electron chi connectivity index (χ0n) is 12.0. The van der Waals surface area contributed by atoms with Gasteiger partial charge < -0.3 is 15.0 Å². The summed E-state index contributed by atoms with van der Waals surface area (Å²) in [5, 5.41) is 13.7. The summed E-state index contributed by atoms with van der Waals surface area (Å²) in [4.78, 5) is 24.2. The molecule has 0 aliphatic carbocycles. The van der Waals surface area contributed by atoms with Crippen LogP contribution in [0.3, 0.4) is 0 Å². The zero-order chi connectivity index (χ0) is 15.5. The van der Waals surface area contributed by atoms with Gasteiger partial charge in [0, 0.05) is 23.0 Å². The van der Waals surface area contributed by atoms with Crippen molar-refractivity contribution in [3.8, 4) is 0 Å². The fourth-order valence-corrected chi connectivity index (χ4v) is 2.90. The number of amides is 1. The lowest BCUT2D eigenvalue weighted by molar-refractivity contribution is -0.137. The van der Waals surface area contributed by atoms with Crippen molar-refractivity contribution in [1.29, 1.82) is 0 Å². The third kappa shape index (κ3) is 3.72. The zero-order valence-corrected chi connectivity index (χ0v) is 12.8. The van der Waals surface area contributed by atoms with Gasteiger partial charge in [-0.15, -0.1) is 11.3 Å². The van der Waals surface area contributed by atoms with E-state index in [1.807, 2.05) is 17.5 Å². The van der Waals surface area contributed by atoms with Crippen molar-refractivity contribution in [3.63, 3.8) is 0 Å². The third-order valence-electron chi connectivity index (χ3n) is 3.25. The van der Waals surface area contributed by atoms with Crippen LogP contribution in [0.1, 0.15) is 29.2 Å². The minimum Gasteiger partial charge on any atom is -0.480 e. The first-order valence-electron chi connectivity index (χ1n) is 6.59. The maximum absolute atomic E-state index is 12.2. The molecule has 112 valence electrons. The number of aromatic nitrogens is 1. The predicted octanol–water partition coefficient (Wildman–Crippen LogP) is 2.34. The van der Waals surface area contributed by atoms with Gasteiger partial charge in [0.2, 0.25) is 0 Å². The second-order valence-corrected chi connectivity index (χ2v) is 6.41. The third-order valence-corrected chi connectivity index (χ3v) is 4.48. The van der Waals surface area contributed by atoms with Crippen LogP contribution < -0.4 is 5.32 Å². The Labute approximate surface area is 127 Å². The van der Waals surface area contributed by atoms with Gasteiger partial charge in [0.05, 0.1) is 0 Å². The average molecular weight is 306 g/mol. The summed E-state index contributed by atoms with van der Waals surface area (Å²) in [5.41, 5.74) is 0.202. The standard InChI is InChI=1S/C15H18N2O3S/c1-15(2,12-6-4-8-21-12)10-16-14(20)11-5-3-7-17(11)9-13(18)19/h3-8H,9-10H2,1-2H3,(H,16,20)(H,18,19). The molecule has 0 atom stereocenters. The van der Waals surface area contributed by atoms with E-state index in [0.29, 0.717) is 12.2 Å². The van der Waals surface area contributed by atoms with Crippen LogP contribution in [0.2, 0.25) is 0 Å². The number of hydrogen-bond donors (Lipinski definition) is 2. The Balaban J connectivity index is 2.02. The van der Waals surface area contributed by atoms with Gasteiger partial charge >= 0.3 is 5.97 Å². The topological polar surface area (TPSA) is 71.3 Å². The molecule has 6 heteroatoms. The summed E-state index contributed by atoms with van der Waals surface area (Å²) in [6.45, 7) is 4.40. The van der Waals surface area contributed by atoms with E-state index in [1.54, 1.807) is 29.7 Å². The normalized spacial score (nSPS) is 11.3. The summed E-state index contributed by atoms with van der Waals surface area (Å²) in [6.07, 6.45) is 1.59. The van der Waals surface area contributed by atoms with Crippen LogP contribution in [0.15, 0.2) is 35.8 Å². The van der Waals surface area contributed by atoms with E-state index >= 15 is 0 Å². The first-order valence-corrected chi connectivity index (χ1v) is 7.47. The molecule has 2 aromatic rings. The lowest BCUT2D eigenvalue weighted by Crippen LogP contribution is -2.37. The van der Waals surface area contributed by atoms with Gasteiger partial charge in [0.15, 0.2) is 0 Å². The van der Waals surface area contributed by atoms with Gasteiger partial charge in [-0.1, -0.05) is 19.9 Å². The number of carboxylic acids is 1. The first kappa shape index (κ1) is 15.3. The van der Waals surface area contributed by atoms with Gasteiger partial charge in [-0.05, 0) is 23.6 Å². The van der Waals surface area contributed by atoms with Crippen LogP contribution in [-0.2, 0) is 16.8 Å². The van der Waals surface area contributed by atoms with Crippen molar-refractivity contribution < 1.29 is 14.7 Å². The lowest BCUT2D eigenvalue weighted by Gasteiger charge is -2.23. The summed E-state index contributed by atoms with van der Waals surface area (Å²) in [6, 6.07) is 7.32. The second-order valence-electron chi connectivity index (χ2n) is 5.46. The molecule has 21 heavy (non-hydrogen) atoms. The Hall–Kier alpha value is -2.08. The van der Waals surface area contributed by atoms with Gasteiger partial charge in [-0.25, -0.2) is 0 Å². The number of carbonyl (C=O) groups excluding carboxylic acids is 1. The highest BCUT2D eigenvalue weighted by molar-refractivity contribution is 7.10. The van der Waals surface area contributed by atoms with Crippen molar-refractivity contribution in [2.24, 2.45) is 0 Å². The molecular weight excluding hydrogens is 288 g/mol. The molecule has 0 saturated carbocycles. The number of thiophene rings is 1. The molecule has 0 aliphatic rings. The lowest BCUT2D eigenvalue weighted by atomic mass is 9.91. The SMILES string of the molecule is CC(C)(CNC(=O)c1cccn1CC(=O)O)c1cccs1. The quantitative estimate of drug-likeness (QED) is 0.860. The van der Waals surface area contributed by atoms with E-state index in [-0.39, 0.29) is 17.9 Å². The van der Waals surface area contributed by atoms with E-state index in [9.17, 15) is 9.59 Å². The second kappa shape index (κ2) is 6.13. The Morgan fingerprint density at radius 1 is 1.33 bits per heavy atom. The molecule has 0 fully saturated rings. The molecule has 0 bridgehead atoms.